The Labute approximate surface area is 147 Å². The van der Waals surface area contributed by atoms with E-state index in [9.17, 15) is 4.79 Å². The number of hydrogen-bond donors (Lipinski definition) is 0. The fourth-order valence-electron chi connectivity index (χ4n) is 2.42. The van der Waals surface area contributed by atoms with Gasteiger partial charge in [-0.05, 0) is 31.0 Å². The zero-order valence-corrected chi connectivity index (χ0v) is 15.3. The molecule has 0 aliphatic rings. The Bertz CT molecular complexity index is 638. The Balaban J connectivity index is 2.13. The molecule has 1 heterocycles. The normalized spacial score (nSPS) is 10.5. The third-order valence-electron chi connectivity index (χ3n) is 3.54. The molecule has 0 N–H and O–H groups in total. The van der Waals surface area contributed by atoms with Gasteiger partial charge in [-0.3, -0.25) is 4.79 Å². The number of thiazole rings is 1. The van der Waals surface area contributed by atoms with Crippen LogP contribution in [0.1, 0.15) is 42.7 Å². The van der Waals surface area contributed by atoms with E-state index in [-0.39, 0.29) is 5.91 Å². The van der Waals surface area contributed by atoms with Gasteiger partial charge < -0.3 is 14.4 Å². The second-order valence-corrected chi connectivity index (χ2v) is 6.14. The molecular weight excluding hydrogens is 324 g/mol. The van der Waals surface area contributed by atoms with E-state index in [0.717, 1.165) is 31.6 Å². The number of aromatic nitrogens is 1. The molecular formula is C18H24N2O3S. The maximum atomic E-state index is 12.7. The van der Waals surface area contributed by atoms with E-state index < -0.39 is 0 Å². The van der Waals surface area contributed by atoms with Gasteiger partial charge in [0.25, 0.3) is 5.91 Å². The molecule has 0 saturated carbocycles. The summed E-state index contributed by atoms with van der Waals surface area (Å²) in [5.41, 5.74) is 3.27. The molecule has 0 bridgehead atoms. The third-order valence-corrected chi connectivity index (χ3v) is 4.18. The van der Waals surface area contributed by atoms with Gasteiger partial charge in [0.05, 0.1) is 18.3 Å². The van der Waals surface area contributed by atoms with Crippen LogP contribution in [0.25, 0.3) is 0 Å². The van der Waals surface area contributed by atoms with E-state index in [1.165, 1.54) is 11.3 Å². The van der Waals surface area contributed by atoms with Crippen LogP contribution < -0.4 is 9.47 Å². The van der Waals surface area contributed by atoms with Gasteiger partial charge in [-0.25, -0.2) is 4.98 Å². The van der Waals surface area contributed by atoms with Gasteiger partial charge in [0.15, 0.2) is 11.5 Å². The highest BCUT2D eigenvalue weighted by atomic mass is 32.1. The van der Waals surface area contributed by atoms with Crippen LogP contribution in [0.3, 0.4) is 0 Å². The number of methoxy groups -OCH3 is 1. The number of benzene rings is 1. The van der Waals surface area contributed by atoms with Crippen LogP contribution in [0.15, 0.2) is 29.1 Å². The first-order chi connectivity index (χ1) is 11.7. The Morgan fingerprint density at radius 1 is 1.21 bits per heavy atom. The highest BCUT2D eigenvalue weighted by Crippen LogP contribution is 2.29. The van der Waals surface area contributed by atoms with Gasteiger partial charge in [0.1, 0.15) is 6.61 Å². The fourth-order valence-corrected chi connectivity index (χ4v) is 2.96. The molecule has 2 rings (SSSR count). The lowest BCUT2D eigenvalue weighted by atomic mass is 10.1. The van der Waals surface area contributed by atoms with Crippen molar-refractivity contribution in [2.24, 2.45) is 0 Å². The molecule has 1 aromatic carbocycles. The zero-order valence-electron chi connectivity index (χ0n) is 14.4. The molecule has 130 valence electrons. The highest BCUT2D eigenvalue weighted by Gasteiger charge is 2.17. The average Bonchev–Trinajstić information content (AvgIpc) is 3.12. The lowest BCUT2D eigenvalue weighted by Crippen LogP contribution is -2.32. The molecule has 1 aromatic heterocycles. The summed E-state index contributed by atoms with van der Waals surface area (Å²) in [6.45, 7) is 6.05. The summed E-state index contributed by atoms with van der Waals surface area (Å²) in [5.74, 6) is 1.20. The van der Waals surface area contributed by atoms with Crippen LogP contribution in [0.5, 0.6) is 11.5 Å². The molecule has 2 aromatic rings. The third kappa shape index (κ3) is 4.71. The van der Waals surface area contributed by atoms with E-state index in [4.69, 9.17) is 9.47 Å². The number of amides is 1. The van der Waals surface area contributed by atoms with Crippen molar-refractivity contribution in [2.45, 2.75) is 33.3 Å². The summed E-state index contributed by atoms with van der Waals surface area (Å²) in [4.78, 5) is 18.7. The van der Waals surface area contributed by atoms with E-state index in [0.29, 0.717) is 23.7 Å². The first-order valence-electron chi connectivity index (χ1n) is 8.16. The van der Waals surface area contributed by atoms with Gasteiger partial charge in [0, 0.05) is 24.0 Å². The number of hydrogen-bond acceptors (Lipinski definition) is 5. The highest BCUT2D eigenvalue weighted by molar-refractivity contribution is 7.07. The Morgan fingerprint density at radius 3 is 2.54 bits per heavy atom. The first kappa shape index (κ1) is 18.3. The molecule has 0 aliphatic heterocycles. The minimum absolute atomic E-state index is 0.0306. The van der Waals surface area contributed by atoms with Crippen LogP contribution in [-0.2, 0) is 6.61 Å². The summed E-state index contributed by atoms with van der Waals surface area (Å²) in [7, 11) is 1.58. The molecule has 6 heteroatoms. The summed E-state index contributed by atoms with van der Waals surface area (Å²) < 4.78 is 11.1. The van der Waals surface area contributed by atoms with E-state index in [1.807, 2.05) is 10.3 Å². The van der Waals surface area contributed by atoms with Gasteiger partial charge in [-0.2, -0.15) is 0 Å². The monoisotopic (exact) mass is 348 g/mol. The van der Waals surface area contributed by atoms with Crippen molar-refractivity contribution < 1.29 is 14.3 Å². The van der Waals surface area contributed by atoms with Gasteiger partial charge in [-0.1, -0.05) is 13.8 Å². The summed E-state index contributed by atoms with van der Waals surface area (Å²) in [5, 5.41) is 1.94. The van der Waals surface area contributed by atoms with Crippen molar-refractivity contribution >= 4 is 17.2 Å². The molecule has 0 saturated heterocycles. The number of rotatable bonds is 9. The fraction of sp³-hybridized carbons (Fsp3) is 0.444. The van der Waals surface area contributed by atoms with Crippen molar-refractivity contribution in [3.8, 4) is 11.5 Å². The summed E-state index contributed by atoms with van der Waals surface area (Å²) >= 11 is 1.53. The minimum atomic E-state index is 0.0306. The number of carbonyl (C=O) groups excluding carboxylic acids is 1. The predicted molar refractivity (Wildman–Crippen MR) is 95.9 cm³/mol. The van der Waals surface area contributed by atoms with Crippen molar-refractivity contribution in [3.05, 3.63) is 40.3 Å². The van der Waals surface area contributed by atoms with E-state index in [1.54, 1.807) is 30.8 Å². The van der Waals surface area contributed by atoms with E-state index in [2.05, 4.69) is 18.8 Å². The number of ether oxygens (including phenoxy) is 2. The lowest BCUT2D eigenvalue weighted by molar-refractivity contribution is 0.0755. The molecule has 0 fully saturated rings. The summed E-state index contributed by atoms with van der Waals surface area (Å²) in [6, 6.07) is 5.32. The first-order valence-corrected chi connectivity index (χ1v) is 9.11. The van der Waals surface area contributed by atoms with Crippen LogP contribution in [-0.4, -0.2) is 36.0 Å². The summed E-state index contributed by atoms with van der Waals surface area (Å²) in [6.07, 6.45) is 1.88. The predicted octanol–water partition coefficient (Wildman–Crippen LogP) is 3.99. The van der Waals surface area contributed by atoms with Gasteiger partial charge in [-0.15, -0.1) is 11.3 Å². The number of carbonyl (C=O) groups is 1. The topological polar surface area (TPSA) is 51.7 Å². The van der Waals surface area contributed by atoms with Crippen LogP contribution >= 0.6 is 11.3 Å². The number of nitrogens with zero attached hydrogens (tertiary/aromatic N) is 2. The van der Waals surface area contributed by atoms with E-state index >= 15 is 0 Å². The molecule has 24 heavy (non-hydrogen) atoms. The molecule has 0 atom stereocenters. The molecule has 0 aliphatic carbocycles. The molecule has 5 nitrogen and oxygen atoms in total. The smallest absolute Gasteiger partial charge is 0.253 e. The average molecular weight is 348 g/mol. The zero-order chi connectivity index (χ0) is 17.4. The Hall–Kier alpha value is -2.08. The quantitative estimate of drug-likeness (QED) is 0.687. The molecule has 0 unspecified atom stereocenters. The van der Waals surface area contributed by atoms with Crippen molar-refractivity contribution in [3.63, 3.8) is 0 Å². The maximum absolute atomic E-state index is 12.7. The second-order valence-electron chi connectivity index (χ2n) is 5.43. The lowest BCUT2D eigenvalue weighted by Gasteiger charge is -2.22. The largest absolute Gasteiger partial charge is 0.493 e. The SMILES string of the molecule is CCCN(CCC)C(=O)c1ccc(OCc2cscn2)c(OC)c1. The van der Waals surface area contributed by atoms with Crippen molar-refractivity contribution in [1.29, 1.82) is 0 Å². The van der Waals surface area contributed by atoms with Crippen molar-refractivity contribution in [2.75, 3.05) is 20.2 Å². The standard InChI is InChI=1S/C18H24N2O3S/c1-4-8-20(9-5-2)18(21)14-6-7-16(17(10-14)22-3)23-11-15-12-24-13-19-15/h6-7,10,12-13H,4-5,8-9,11H2,1-3H3. The molecule has 0 spiro atoms. The van der Waals surface area contributed by atoms with Crippen LogP contribution in [0, 0.1) is 0 Å². The second kappa shape index (κ2) is 9.27. The Kier molecular flexibility index (Phi) is 7.06. The Morgan fingerprint density at radius 2 is 1.96 bits per heavy atom. The van der Waals surface area contributed by atoms with Crippen LogP contribution in [0.4, 0.5) is 0 Å². The van der Waals surface area contributed by atoms with Gasteiger partial charge >= 0.3 is 0 Å². The van der Waals surface area contributed by atoms with Crippen LogP contribution in [0.2, 0.25) is 0 Å². The minimum Gasteiger partial charge on any atom is -0.493 e. The van der Waals surface area contributed by atoms with Crippen molar-refractivity contribution in [1.82, 2.24) is 9.88 Å². The van der Waals surface area contributed by atoms with Gasteiger partial charge in [0.2, 0.25) is 0 Å². The molecule has 1 amide bonds. The maximum Gasteiger partial charge on any atom is 0.253 e. The molecule has 0 radical (unpaired) electrons.